The number of phosphoric acid groups is 2. The molecule has 3 N–H and O–H groups in total. The number of allylic oxidation sites excluding steroid dienone is 12. The van der Waals surface area contributed by atoms with Crippen molar-refractivity contribution in [1.29, 1.82) is 0 Å². The number of unbranched alkanes of at least 4 members (excludes halogenated alkanes) is 40. The van der Waals surface area contributed by atoms with Crippen molar-refractivity contribution in [2.45, 2.75) is 393 Å². The Balaban J connectivity index is 5.36. The predicted octanol–water partition coefficient (Wildman–Crippen LogP) is 24.0. The van der Waals surface area contributed by atoms with Crippen molar-refractivity contribution < 1.29 is 80.2 Å². The van der Waals surface area contributed by atoms with Crippen LogP contribution in [-0.2, 0) is 65.4 Å². The van der Waals surface area contributed by atoms with Crippen LogP contribution in [0.4, 0.5) is 0 Å². The molecule has 0 saturated carbocycles. The van der Waals surface area contributed by atoms with Crippen molar-refractivity contribution in [2.24, 2.45) is 0 Å². The maximum absolute atomic E-state index is 13.1. The molecule has 5 unspecified atom stereocenters. The Kier molecular flexibility index (Phi) is 73.1. The molecule has 0 aliphatic carbocycles. The van der Waals surface area contributed by atoms with E-state index in [2.05, 4.69) is 88.5 Å². The Morgan fingerprint density at radius 3 is 0.784 bits per heavy atom. The molecular weight excluding hydrogens is 1330 g/mol. The van der Waals surface area contributed by atoms with Crippen LogP contribution < -0.4 is 0 Å². The summed E-state index contributed by atoms with van der Waals surface area (Å²) in [6, 6.07) is 0. The van der Waals surface area contributed by atoms with Crippen molar-refractivity contribution in [2.75, 3.05) is 39.6 Å². The summed E-state index contributed by atoms with van der Waals surface area (Å²) in [5, 5.41) is 10.6. The van der Waals surface area contributed by atoms with E-state index in [1.807, 2.05) is 12.2 Å². The molecule has 0 amide bonds. The van der Waals surface area contributed by atoms with Gasteiger partial charge in [0.15, 0.2) is 12.2 Å². The Hall–Kier alpha value is -3.50. The lowest BCUT2D eigenvalue weighted by Gasteiger charge is -2.21. The average Bonchev–Trinajstić information content (AvgIpc) is 0.908. The highest BCUT2D eigenvalue weighted by atomic mass is 31.2. The van der Waals surface area contributed by atoms with Crippen LogP contribution in [-0.4, -0.2) is 96.7 Å². The number of hydrogen-bond donors (Lipinski definition) is 3. The number of aliphatic hydroxyl groups is 1. The molecule has 0 aliphatic rings. The van der Waals surface area contributed by atoms with Gasteiger partial charge in [0, 0.05) is 25.7 Å². The average molecular weight is 1480 g/mol. The van der Waals surface area contributed by atoms with E-state index in [1.54, 1.807) is 0 Å². The van der Waals surface area contributed by atoms with Crippen molar-refractivity contribution >= 4 is 39.5 Å². The molecule has 594 valence electrons. The van der Waals surface area contributed by atoms with Gasteiger partial charge in [-0.15, -0.1) is 0 Å². The van der Waals surface area contributed by atoms with Gasteiger partial charge in [-0.3, -0.25) is 37.3 Å². The summed E-state index contributed by atoms with van der Waals surface area (Å²) in [7, 11) is -9.96. The smallest absolute Gasteiger partial charge is 0.462 e. The highest BCUT2D eigenvalue weighted by Crippen LogP contribution is 2.45. The lowest BCUT2D eigenvalue weighted by atomic mass is 10.0. The predicted molar refractivity (Wildman–Crippen MR) is 418 cm³/mol. The van der Waals surface area contributed by atoms with Crippen LogP contribution in [0.1, 0.15) is 374 Å². The van der Waals surface area contributed by atoms with Gasteiger partial charge in [-0.25, -0.2) is 9.13 Å². The number of hydrogen-bond acceptors (Lipinski definition) is 15. The van der Waals surface area contributed by atoms with Crippen LogP contribution >= 0.6 is 15.6 Å². The zero-order chi connectivity index (χ0) is 74.6. The van der Waals surface area contributed by atoms with E-state index in [4.69, 9.17) is 37.0 Å². The van der Waals surface area contributed by atoms with E-state index in [9.17, 15) is 43.2 Å². The molecule has 19 heteroatoms. The molecule has 0 aromatic carbocycles. The van der Waals surface area contributed by atoms with Crippen LogP contribution in [0, 0.1) is 0 Å². The summed E-state index contributed by atoms with van der Waals surface area (Å²) < 4.78 is 68.6. The van der Waals surface area contributed by atoms with E-state index in [-0.39, 0.29) is 25.7 Å². The van der Waals surface area contributed by atoms with Crippen LogP contribution in [0.2, 0.25) is 0 Å². The normalized spacial score (nSPS) is 14.2. The SMILES string of the molecule is CC/C=C\C/C=C\C/C=C\C/C=C\C/C=C\C/C=C\CCC(=O)OCC(COP(=O)(O)OCC(O)COP(=O)(O)OCC(COC(=O)CCCCCCCCCCCCCCCCC)OC(=O)CCCCCCCCCCCCCCCCC)OC(=O)CCCCCCCCCCCCCCC. The molecule has 0 bridgehead atoms. The number of rotatable bonds is 78. The van der Waals surface area contributed by atoms with Crippen LogP contribution in [0.5, 0.6) is 0 Å². The van der Waals surface area contributed by atoms with Gasteiger partial charge in [0.05, 0.1) is 26.4 Å². The number of carbonyl (C=O) groups excluding carboxylic acids is 4. The first kappa shape index (κ1) is 98.5. The van der Waals surface area contributed by atoms with Gasteiger partial charge >= 0.3 is 39.5 Å². The Morgan fingerprint density at radius 2 is 0.510 bits per heavy atom. The lowest BCUT2D eigenvalue weighted by Crippen LogP contribution is -2.30. The molecule has 0 radical (unpaired) electrons. The van der Waals surface area contributed by atoms with Gasteiger partial charge in [0.2, 0.25) is 0 Å². The molecule has 17 nitrogen and oxygen atoms in total. The summed E-state index contributed by atoms with van der Waals surface area (Å²) in [5.74, 6) is -2.23. The Bertz CT molecular complexity index is 2210. The fourth-order valence-corrected chi connectivity index (χ4v) is 13.1. The molecule has 0 fully saturated rings. The van der Waals surface area contributed by atoms with Gasteiger partial charge in [-0.2, -0.15) is 0 Å². The summed E-state index contributed by atoms with van der Waals surface area (Å²) in [6.07, 6.45) is 77.4. The molecule has 0 aromatic heterocycles. The molecule has 0 saturated heterocycles. The molecule has 5 atom stereocenters. The number of aliphatic hydroxyl groups excluding tert-OH is 1. The maximum Gasteiger partial charge on any atom is 0.472 e. The topological polar surface area (TPSA) is 237 Å². The summed E-state index contributed by atoms with van der Waals surface area (Å²) in [5.41, 5.74) is 0. The van der Waals surface area contributed by atoms with E-state index in [0.29, 0.717) is 32.1 Å². The van der Waals surface area contributed by atoms with E-state index >= 15 is 0 Å². The van der Waals surface area contributed by atoms with Gasteiger partial charge in [0.1, 0.15) is 19.3 Å². The maximum atomic E-state index is 13.1. The first-order chi connectivity index (χ1) is 49.7. The number of phosphoric ester groups is 2. The quantitative estimate of drug-likeness (QED) is 0.0169. The van der Waals surface area contributed by atoms with E-state index in [1.165, 1.54) is 186 Å². The molecule has 0 rings (SSSR count). The van der Waals surface area contributed by atoms with Crippen LogP contribution in [0.3, 0.4) is 0 Å². The van der Waals surface area contributed by atoms with E-state index < -0.39 is 97.5 Å². The number of esters is 4. The third kappa shape index (κ3) is 74.8. The first-order valence-electron chi connectivity index (χ1n) is 41.2. The summed E-state index contributed by atoms with van der Waals surface area (Å²) >= 11 is 0. The van der Waals surface area contributed by atoms with Crippen molar-refractivity contribution in [3.63, 3.8) is 0 Å². The van der Waals surface area contributed by atoms with Crippen molar-refractivity contribution in [1.82, 2.24) is 0 Å². The highest BCUT2D eigenvalue weighted by molar-refractivity contribution is 7.47. The van der Waals surface area contributed by atoms with Gasteiger partial charge in [-0.05, 0) is 64.2 Å². The molecular formula is C83H150O17P2. The van der Waals surface area contributed by atoms with Crippen LogP contribution in [0.25, 0.3) is 0 Å². The third-order valence-corrected chi connectivity index (χ3v) is 19.6. The summed E-state index contributed by atoms with van der Waals surface area (Å²) in [4.78, 5) is 73.0. The molecule has 0 aliphatic heterocycles. The highest BCUT2D eigenvalue weighted by Gasteiger charge is 2.30. The third-order valence-electron chi connectivity index (χ3n) is 17.7. The van der Waals surface area contributed by atoms with Gasteiger partial charge in [-0.1, -0.05) is 357 Å². The second-order valence-corrected chi connectivity index (χ2v) is 30.6. The molecule has 102 heavy (non-hydrogen) atoms. The van der Waals surface area contributed by atoms with Gasteiger partial charge in [0.25, 0.3) is 0 Å². The zero-order valence-corrected chi connectivity index (χ0v) is 66.8. The lowest BCUT2D eigenvalue weighted by molar-refractivity contribution is -0.161. The summed E-state index contributed by atoms with van der Waals surface area (Å²) in [6.45, 7) is 4.77. The van der Waals surface area contributed by atoms with Crippen molar-refractivity contribution in [3.05, 3.63) is 72.9 Å². The largest absolute Gasteiger partial charge is 0.472 e. The second kappa shape index (κ2) is 75.7. The fourth-order valence-electron chi connectivity index (χ4n) is 11.5. The minimum Gasteiger partial charge on any atom is -0.462 e. The minimum atomic E-state index is -4.99. The van der Waals surface area contributed by atoms with Gasteiger partial charge < -0.3 is 33.8 Å². The molecule has 0 spiro atoms. The monoisotopic (exact) mass is 1480 g/mol. The Morgan fingerprint density at radius 1 is 0.284 bits per heavy atom. The van der Waals surface area contributed by atoms with Crippen LogP contribution in [0.15, 0.2) is 72.9 Å². The number of carbonyl (C=O) groups is 4. The van der Waals surface area contributed by atoms with Crippen molar-refractivity contribution in [3.8, 4) is 0 Å². The minimum absolute atomic E-state index is 0.0404. The first-order valence-corrected chi connectivity index (χ1v) is 44.2. The fraction of sp³-hybridized carbons (Fsp3) is 0.807. The standard InChI is InChI=1S/C83H150O17P2/c1-5-9-13-17-21-25-29-33-36-37-38-39-42-45-48-52-56-60-64-68-81(86)94-73-78(99-82(87)69-65-61-57-53-49-43-32-28-24-20-16-12-8-4)75-97-101(89,90)95-71-77(84)72-96-102(91,92)98-76-79(100-83(88)70-66-62-58-54-50-46-41-35-31-27-23-19-15-11-7-3)74-93-80(85)67-63-59-55-51-47-44-40-34-30-26-22-18-14-10-6-2/h9,13,21,25,33,36,38-39,45,48,56,60,77-79,84H,5-8,10-12,14-20,22-24,26-32,34-35,37,40-44,46-47,49-55,57-59,61-76H2,1-4H3,(H,89,90)(H,91,92)/b13-9-,25-21-,36-33-,39-38-,48-45-,60-56-. The molecule has 0 aromatic rings. The van der Waals surface area contributed by atoms with E-state index in [0.717, 1.165) is 103 Å². The number of ether oxygens (including phenoxy) is 4. The Labute approximate surface area is 622 Å². The second-order valence-electron chi connectivity index (χ2n) is 27.7. The zero-order valence-electron chi connectivity index (χ0n) is 65.0. The molecule has 0 heterocycles.